The molecular weight excluding hydrogens is 416 g/mol. The number of nitrogens with zero attached hydrogens (tertiary/aromatic N) is 2. The number of rotatable bonds is 11. The van der Waals surface area contributed by atoms with E-state index >= 15 is 0 Å². The van der Waals surface area contributed by atoms with Crippen molar-refractivity contribution in [3.8, 4) is 5.75 Å². The highest BCUT2D eigenvalue weighted by atomic mass is 16.7. The zero-order valence-corrected chi connectivity index (χ0v) is 20.6. The lowest BCUT2D eigenvalue weighted by Crippen LogP contribution is -2.42. The van der Waals surface area contributed by atoms with Gasteiger partial charge in [-0.2, -0.15) is 5.06 Å². The summed E-state index contributed by atoms with van der Waals surface area (Å²) < 4.78 is 5.23. The first-order valence-electron chi connectivity index (χ1n) is 12.5. The van der Waals surface area contributed by atoms with Gasteiger partial charge in [0.25, 0.3) is 0 Å². The largest absolute Gasteiger partial charge is 0.466 e. The topological polar surface area (TPSA) is 59.1 Å². The first-order valence-corrected chi connectivity index (χ1v) is 12.5. The molecule has 6 nitrogen and oxygen atoms in total. The van der Waals surface area contributed by atoms with Gasteiger partial charge < -0.3 is 14.5 Å². The number of likely N-dealkylation sites (N-methyl/N-ethyl adjacent to an activating group) is 1. The molecule has 2 aliphatic rings. The fourth-order valence-corrected chi connectivity index (χ4v) is 5.38. The Morgan fingerprint density at radius 1 is 1.09 bits per heavy atom. The quantitative estimate of drug-likeness (QED) is 0.259. The van der Waals surface area contributed by atoms with Crippen LogP contribution < -0.4 is 4.84 Å². The van der Waals surface area contributed by atoms with Crippen LogP contribution in [0, 0.1) is 5.41 Å². The molecule has 1 fully saturated rings. The summed E-state index contributed by atoms with van der Waals surface area (Å²) in [5.41, 5.74) is 3.79. The minimum Gasteiger partial charge on any atom is -0.466 e. The average Bonchev–Trinajstić information content (AvgIpc) is 2.79. The zero-order chi connectivity index (χ0) is 23.7. The summed E-state index contributed by atoms with van der Waals surface area (Å²) in [6, 6.07) is 8.08. The molecule has 0 spiro atoms. The van der Waals surface area contributed by atoms with Gasteiger partial charge in [-0.05, 0) is 82.8 Å². The van der Waals surface area contributed by atoms with Crippen LogP contribution in [0.3, 0.4) is 0 Å². The second kappa shape index (κ2) is 12.2. The summed E-state index contributed by atoms with van der Waals surface area (Å²) in [6.45, 7) is 3.57. The molecule has 0 aromatic heterocycles. The number of carbonyl (C=O) groups is 2. The molecule has 3 rings (SSSR count). The van der Waals surface area contributed by atoms with Gasteiger partial charge in [-0.1, -0.05) is 37.0 Å². The van der Waals surface area contributed by atoms with E-state index in [0.29, 0.717) is 25.3 Å². The molecule has 1 aromatic rings. The third-order valence-corrected chi connectivity index (χ3v) is 6.84. The number of ether oxygens (including phenoxy) is 1. The van der Waals surface area contributed by atoms with Crippen molar-refractivity contribution >= 4 is 18.0 Å². The molecule has 0 N–H and O–H groups in total. The minimum absolute atomic E-state index is 0.190. The van der Waals surface area contributed by atoms with Crippen LogP contribution in [0.15, 0.2) is 29.8 Å². The second-order valence-electron chi connectivity index (χ2n) is 9.87. The SMILES string of the molecule is CCOC(=O)CC1(CN(C=O)Oc2cccc(C3=C(CN(C)C)CCCC3)c2)CCCCC1. The second-order valence-corrected chi connectivity index (χ2v) is 9.87. The van der Waals surface area contributed by atoms with Gasteiger partial charge in [0.1, 0.15) is 0 Å². The highest BCUT2D eigenvalue weighted by molar-refractivity contribution is 5.71. The summed E-state index contributed by atoms with van der Waals surface area (Å²) in [5, 5.41) is 1.37. The van der Waals surface area contributed by atoms with Crippen LogP contribution in [0.1, 0.15) is 76.7 Å². The smallest absolute Gasteiger partial charge is 0.306 e. The van der Waals surface area contributed by atoms with Crippen LogP contribution in [0.5, 0.6) is 5.75 Å². The fourth-order valence-electron chi connectivity index (χ4n) is 5.38. The number of carbonyl (C=O) groups excluding carboxylic acids is 2. The third-order valence-electron chi connectivity index (χ3n) is 6.84. The first kappa shape index (κ1) is 25.3. The predicted octanol–water partition coefficient (Wildman–Crippen LogP) is 5.23. The Morgan fingerprint density at radius 3 is 2.55 bits per heavy atom. The van der Waals surface area contributed by atoms with Crippen LogP contribution in [-0.4, -0.2) is 56.1 Å². The normalized spacial score (nSPS) is 18.2. The van der Waals surface area contributed by atoms with Crippen LogP contribution in [0.2, 0.25) is 0 Å². The van der Waals surface area contributed by atoms with Crippen molar-refractivity contribution < 1.29 is 19.2 Å². The lowest BCUT2D eigenvalue weighted by Gasteiger charge is -2.38. The van der Waals surface area contributed by atoms with Crippen LogP contribution in [-0.2, 0) is 14.3 Å². The van der Waals surface area contributed by atoms with Gasteiger partial charge in [-0.15, -0.1) is 0 Å². The van der Waals surface area contributed by atoms with E-state index in [0.717, 1.165) is 51.5 Å². The molecule has 182 valence electrons. The van der Waals surface area contributed by atoms with Crippen molar-refractivity contribution in [3.05, 3.63) is 35.4 Å². The van der Waals surface area contributed by atoms with E-state index in [1.165, 1.54) is 41.0 Å². The number of amides is 1. The van der Waals surface area contributed by atoms with Crippen molar-refractivity contribution in [1.82, 2.24) is 9.96 Å². The molecule has 0 saturated heterocycles. The molecular formula is C27H40N2O4. The van der Waals surface area contributed by atoms with E-state index in [2.05, 4.69) is 25.1 Å². The van der Waals surface area contributed by atoms with Crippen molar-refractivity contribution in [2.24, 2.45) is 5.41 Å². The Bertz CT molecular complexity index is 827. The molecule has 0 atom stereocenters. The van der Waals surface area contributed by atoms with Crippen LogP contribution in [0.4, 0.5) is 0 Å². The zero-order valence-electron chi connectivity index (χ0n) is 20.6. The third kappa shape index (κ3) is 7.32. The van der Waals surface area contributed by atoms with E-state index in [4.69, 9.17) is 9.57 Å². The van der Waals surface area contributed by atoms with Gasteiger partial charge >= 0.3 is 5.97 Å². The lowest BCUT2D eigenvalue weighted by atomic mass is 9.71. The number of hydrogen-bond donors (Lipinski definition) is 0. The van der Waals surface area contributed by atoms with Gasteiger partial charge in [0.2, 0.25) is 6.41 Å². The molecule has 1 amide bonds. The average molecular weight is 457 g/mol. The molecule has 0 bridgehead atoms. The highest BCUT2D eigenvalue weighted by Crippen LogP contribution is 2.40. The van der Waals surface area contributed by atoms with Crippen LogP contribution in [0.25, 0.3) is 5.57 Å². The molecule has 0 heterocycles. The molecule has 0 unspecified atom stereocenters. The standard InChI is InChI=1S/C27H40N2O4/c1-4-32-26(31)18-27(15-8-5-9-16-27)20-29(21-30)33-24-13-10-12-22(17-24)25-14-7-6-11-23(25)19-28(2)3/h10,12-13,17,21H,4-9,11,14-16,18-20H2,1-3H3. The van der Waals surface area contributed by atoms with Gasteiger partial charge in [0, 0.05) is 12.0 Å². The highest BCUT2D eigenvalue weighted by Gasteiger charge is 2.37. The number of hydroxylamine groups is 2. The Labute approximate surface area is 198 Å². The van der Waals surface area contributed by atoms with Gasteiger partial charge in [-0.3, -0.25) is 9.59 Å². The number of benzene rings is 1. The minimum atomic E-state index is -0.284. The Kier molecular flexibility index (Phi) is 9.36. The van der Waals surface area contributed by atoms with Crippen LogP contribution >= 0.6 is 0 Å². The first-order chi connectivity index (χ1) is 15.9. The van der Waals surface area contributed by atoms with Crippen molar-refractivity contribution in [2.75, 3.05) is 33.8 Å². The molecule has 1 saturated carbocycles. The number of hydrogen-bond acceptors (Lipinski definition) is 5. The Morgan fingerprint density at radius 2 is 1.85 bits per heavy atom. The maximum absolute atomic E-state index is 12.3. The molecule has 1 aromatic carbocycles. The monoisotopic (exact) mass is 456 g/mol. The van der Waals surface area contributed by atoms with E-state index in [-0.39, 0.29) is 11.4 Å². The summed E-state index contributed by atoms with van der Waals surface area (Å²) in [6.07, 6.45) is 10.8. The molecule has 33 heavy (non-hydrogen) atoms. The molecule has 0 aliphatic heterocycles. The Balaban J connectivity index is 1.76. The van der Waals surface area contributed by atoms with Crippen molar-refractivity contribution in [1.29, 1.82) is 0 Å². The summed E-state index contributed by atoms with van der Waals surface area (Å²) in [5.74, 6) is 0.467. The van der Waals surface area contributed by atoms with E-state index < -0.39 is 0 Å². The van der Waals surface area contributed by atoms with Crippen molar-refractivity contribution in [3.63, 3.8) is 0 Å². The van der Waals surface area contributed by atoms with Crippen molar-refractivity contribution in [2.45, 2.75) is 71.1 Å². The van der Waals surface area contributed by atoms with E-state index in [1.54, 1.807) is 0 Å². The summed E-state index contributed by atoms with van der Waals surface area (Å²) in [7, 11) is 4.22. The van der Waals surface area contributed by atoms with E-state index in [1.807, 2.05) is 25.1 Å². The lowest BCUT2D eigenvalue weighted by molar-refractivity contribution is -0.157. The summed E-state index contributed by atoms with van der Waals surface area (Å²) in [4.78, 5) is 32.5. The fraction of sp³-hybridized carbons (Fsp3) is 0.630. The predicted molar refractivity (Wildman–Crippen MR) is 131 cm³/mol. The number of esters is 1. The number of allylic oxidation sites excluding steroid dienone is 1. The molecule has 6 heteroatoms. The maximum Gasteiger partial charge on any atom is 0.306 e. The molecule has 0 radical (unpaired) electrons. The van der Waals surface area contributed by atoms with E-state index in [9.17, 15) is 9.59 Å². The molecule has 2 aliphatic carbocycles. The summed E-state index contributed by atoms with van der Waals surface area (Å²) >= 11 is 0. The Hall–Kier alpha value is -2.34. The maximum atomic E-state index is 12.3. The van der Waals surface area contributed by atoms with Gasteiger partial charge in [0.05, 0.1) is 19.6 Å². The van der Waals surface area contributed by atoms with Gasteiger partial charge in [0.15, 0.2) is 5.75 Å². The van der Waals surface area contributed by atoms with Gasteiger partial charge in [-0.25, -0.2) is 0 Å².